The maximum atomic E-state index is 11.2. The lowest BCUT2D eigenvalue weighted by Gasteiger charge is -2.40. The third-order valence-electron chi connectivity index (χ3n) is 3.37. The van der Waals surface area contributed by atoms with Gasteiger partial charge in [0.15, 0.2) is 0 Å². The van der Waals surface area contributed by atoms with Gasteiger partial charge in [0.2, 0.25) is 5.91 Å². The summed E-state index contributed by atoms with van der Waals surface area (Å²) in [5.41, 5.74) is 0.206. The molecule has 0 N–H and O–H groups in total. The minimum Gasteiger partial charge on any atom is -0.340 e. The van der Waals surface area contributed by atoms with Crippen LogP contribution >= 0.6 is 0 Å². The highest BCUT2D eigenvalue weighted by molar-refractivity contribution is 5.73. The second kappa shape index (κ2) is 5.15. The molecular weight excluding hydrogens is 202 g/mol. The number of nitrogens with zero attached hydrogens (tertiary/aromatic N) is 3. The van der Waals surface area contributed by atoms with E-state index >= 15 is 0 Å². The molecule has 0 saturated carbocycles. The van der Waals surface area contributed by atoms with E-state index in [9.17, 15) is 4.79 Å². The molecule has 1 amide bonds. The van der Waals surface area contributed by atoms with Crippen molar-refractivity contribution in [2.45, 2.75) is 33.2 Å². The highest BCUT2D eigenvalue weighted by atomic mass is 16.2. The summed E-state index contributed by atoms with van der Waals surface area (Å²) in [6.45, 7) is 13.0. The van der Waals surface area contributed by atoms with Gasteiger partial charge < -0.3 is 4.90 Å². The molecule has 0 radical (unpaired) electrons. The van der Waals surface area contributed by atoms with Crippen molar-refractivity contribution in [3.05, 3.63) is 0 Å². The summed E-state index contributed by atoms with van der Waals surface area (Å²) in [6.07, 6.45) is 0. The van der Waals surface area contributed by atoms with Crippen molar-refractivity contribution in [1.29, 1.82) is 0 Å². The Hall–Kier alpha value is -0.610. The first-order chi connectivity index (χ1) is 7.30. The number of carbonyl (C=O) groups excluding carboxylic acids is 1. The van der Waals surface area contributed by atoms with Gasteiger partial charge in [0.1, 0.15) is 0 Å². The molecule has 1 saturated heterocycles. The first-order valence-corrected chi connectivity index (χ1v) is 6.00. The molecule has 0 bridgehead atoms. The molecular formula is C12H25N3O. The smallest absolute Gasteiger partial charge is 0.219 e. The van der Waals surface area contributed by atoms with Gasteiger partial charge in [-0.3, -0.25) is 14.6 Å². The Morgan fingerprint density at radius 2 is 1.69 bits per heavy atom. The van der Waals surface area contributed by atoms with Gasteiger partial charge in [-0.25, -0.2) is 0 Å². The van der Waals surface area contributed by atoms with E-state index in [1.807, 2.05) is 4.90 Å². The summed E-state index contributed by atoms with van der Waals surface area (Å²) in [5, 5.41) is 0. The Labute approximate surface area is 99.2 Å². The quantitative estimate of drug-likeness (QED) is 0.699. The zero-order valence-corrected chi connectivity index (χ0v) is 11.3. The van der Waals surface area contributed by atoms with Crippen molar-refractivity contribution in [2.24, 2.45) is 0 Å². The fourth-order valence-corrected chi connectivity index (χ4v) is 1.72. The summed E-state index contributed by atoms with van der Waals surface area (Å²) < 4.78 is 0. The molecule has 0 unspecified atom stereocenters. The third-order valence-corrected chi connectivity index (χ3v) is 3.37. The van der Waals surface area contributed by atoms with Gasteiger partial charge in [-0.1, -0.05) is 0 Å². The number of hydrogen-bond donors (Lipinski definition) is 0. The fourth-order valence-electron chi connectivity index (χ4n) is 1.72. The summed E-state index contributed by atoms with van der Waals surface area (Å²) >= 11 is 0. The van der Waals surface area contributed by atoms with Gasteiger partial charge in [-0.2, -0.15) is 0 Å². The van der Waals surface area contributed by atoms with Gasteiger partial charge in [-0.15, -0.1) is 0 Å². The van der Waals surface area contributed by atoms with Crippen molar-refractivity contribution < 1.29 is 4.79 Å². The second-order valence-corrected chi connectivity index (χ2v) is 5.63. The number of rotatable bonds is 2. The molecule has 1 fully saturated rings. The summed E-state index contributed by atoms with van der Waals surface area (Å²) in [7, 11) is 2.15. The number of amides is 1. The molecule has 0 atom stereocenters. The van der Waals surface area contributed by atoms with Crippen molar-refractivity contribution >= 4 is 5.91 Å². The van der Waals surface area contributed by atoms with E-state index in [1.165, 1.54) is 0 Å². The van der Waals surface area contributed by atoms with Gasteiger partial charge in [-0.05, 0) is 27.8 Å². The van der Waals surface area contributed by atoms with Gasteiger partial charge in [0.25, 0.3) is 0 Å². The van der Waals surface area contributed by atoms with Crippen LogP contribution in [0.25, 0.3) is 0 Å². The molecule has 0 aromatic rings. The monoisotopic (exact) mass is 227 g/mol. The molecule has 16 heavy (non-hydrogen) atoms. The summed E-state index contributed by atoms with van der Waals surface area (Å²) in [5.74, 6) is 0.198. The van der Waals surface area contributed by atoms with Crippen LogP contribution in [0.5, 0.6) is 0 Å². The number of carbonyl (C=O) groups is 1. The average molecular weight is 227 g/mol. The van der Waals surface area contributed by atoms with Crippen molar-refractivity contribution in [3.63, 3.8) is 0 Å². The van der Waals surface area contributed by atoms with Crippen LogP contribution in [0.15, 0.2) is 0 Å². The van der Waals surface area contributed by atoms with Gasteiger partial charge in [0.05, 0.1) is 6.67 Å². The summed E-state index contributed by atoms with van der Waals surface area (Å²) in [4.78, 5) is 17.9. The van der Waals surface area contributed by atoms with Crippen LogP contribution in [0.2, 0.25) is 0 Å². The third kappa shape index (κ3) is 3.76. The largest absolute Gasteiger partial charge is 0.340 e. The minimum atomic E-state index is 0.198. The van der Waals surface area contributed by atoms with Crippen LogP contribution in [0.1, 0.15) is 27.7 Å². The Kier molecular flexibility index (Phi) is 4.33. The van der Waals surface area contributed by atoms with E-state index < -0.39 is 0 Å². The van der Waals surface area contributed by atoms with Crippen LogP contribution in [0.3, 0.4) is 0 Å². The normalized spacial score (nSPS) is 19.2. The molecule has 0 aromatic heterocycles. The van der Waals surface area contributed by atoms with Crippen LogP contribution in [-0.4, -0.2) is 66.0 Å². The van der Waals surface area contributed by atoms with Crippen LogP contribution in [0, 0.1) is 0 Å². The lowest BCUT2D eigenvalue weighted by molar-refractivity contribution is -0.130. The lowest BCUT2D eigenvalue weighted by Crippen LogP contribution is -2.53. The molecule has 1 heterocycles. The predicted octanol–water partition coefficient (Wildman–Crippen LogP) is 0.838. The number of piperazine rings is 1. The Morgan fingerprint density at radius 3 is 2.06 bits per heavy atom. The maximum absolute atomic E-state index is 11.2. The molecule has 0 aliphatic carbocycles. The average Bonchev–Trinajstić information content (AvgIpc) is 2.17. The first kappa shape index (κ1) is 13.5. The second-order valence-electron chi connectivity index (χ2n) is 5.63. The molecule has 1 rings (SSSR count). The van der Waals surface area contributed by atoms with Crippen molar-refractivity contribution in [3.8, 4) is 0 Å². The van der Waals surface area contributed by atoms with E-state index in [-0.39, 0.29) is 11.4 Å². The highest BCUT2D eigenvalue weighted by Crippen LogP contribution is 2.12. The zero-order chi connectivity index (χ0) is 12.3. The van der Waals surface area contributed by atoms with Gasteiger partial charge >= 0.3 is 0 Å². The predicted molar refractivity (Wildman–Crippen MR) is 66.2 cm³/mol. The standard InChI is InChI=1S/C12H25N3O/c1-11(16)15-8-6-14(7-9-15)10-13(5)12(2,3)4/h6-10H2,1-5H3. The Bertz CT molecular complexity index is 239. The molecule has 94 valence electrons. The van der Waals surface area contributed by atoms with E-state index in [0.717, 1.165) is 32.8 Å². The van der Waals surface area contributed by atoms with Crippen molar-refractivity contribution in [1.82, 2.24) is 14.7 Å². The van der Waals surface area contributed by atoms with Crippen molar-refractivity contribution in [2.75, 3.05) is 39.9 Å². The molecule has 1 aliphatic rings. The van der Waals surface area contributed by atoms with Crippen LogP contribution in [-0.2, 0) is 4.79 Å². The van der Waals surface area contributed by atoms with Crippen LogP contribution in [0.4, 0.5) is 0 Å². The zero-order valence-electron chi connectivity index (χ0n) is 11.3. The minimum absolute atomic E-state index is 0.198. The molecule has 0 spiro atoms. The van der Waals surface area contributed by atoms with E-state index in [1.54, 1.807) is 6.92 Å². The Balaban J connectivity index is 2.35. The molecule has 4 heteroatoms. The van der Waals surface area contributed by atoms with Gasteiger partial charge in [0, 0.05) is 38.6 Å². The fraction of sp³-hybridized carbons (Fsp3) is 0.917. The molecule has 0 aromatic carbocycles. The Morgan fingerprint density at radius 1 is 1.19 bits per heavy atom. The van der Waals surface area contributed by atoms with E-state index in [2.05, 4.69) is 37.6 Å². The lowest BCUT2D eigenvalue weighted by atomic mass is 10.1. The highest BCUT2D eigenvalue weighted by Gasteiger charge is 2.23. The summed E-state index contributed by atoms with van der Waals surface area (Å²) in [6, 6.07) is 0. The van der Waals surface area contributed by atoms with E-state index in [4.69, 9.17) is 0 Å². The maximum Gasteiger partial charge on any atom is 0.219 e. The SMILES string of the molecule is CC(=O)N1CCN(CN(C)C(C)(C)C)CC1. The molecule has 1 aliphatic heterocycles. The first-order valence-electron chi connectivity index (χ1n) is 6.00. The van der Waals surface area contributed by atoms with E-state index in [0.29, 0.717) is 0 Å². The molecule has 4 nitrogen and oxygen atoms in total. The topological polar surface area (TPSA) is 26.8 Å². The number of hydrogen-bond acceptors (Lipinski definition) is 3. The van der Waals surface area contributed by atoms with Crippen LogP contribution < -0.4 is 0 Å².